The largest absolute Gasteiger partial charge is 0.290 e. The summed E-state index contributed by atoms with van der Waals surface area (Å²) in [5.74, 6) is 0. The van der Waals surface area contributed by atoms with Crippen LogP contribution < -0.4 is 0 Å². The molecule has 0 atom stereocenters. The Balaban J connectivity index is 2.27. The molecule has 0 saturated heterocycles. The number of nitro benzene ring substituents is 1. The van der Waals surface area contributed by atoms with Gasteiger partial charge in [0.25, 0.3) is 5.69 Å². The Morgan fingerprint density at radius 3 is 2.67 bits per heavy atom. The predicted molar refractivity (Wildman–Crippen MR) is 74.7 cm³/mol. The highest BCUT2D eigenvalue weighted by Gasteiger charge is 2.12. The molecule has 2 rings (SSSR count). The first-order chi connectivity index (χ1) is 8.56. The average Bonchev–Trinajstić information content (AvgIpc) is 2.74. The molecule has 1 aromatic heterocycles. The third-order valence-electron chi connectivity index (χ3n) is 2.06. The van der Waals surface area contributed by atoms with E-state index in [1.807, 2.05) is 6.07 Å². The maximum atomic E-state index is 10.7. The molecular weight excluding hydrogens is 295 g/mol. The van der Waals surface area contributed by atoms with E-state index < -0.39 is 4.92 Å². The Kier molecular flexibility index (Phi) is 3.96. The van der Waals surface area contributed by atoms with Crippen LogP contribution in [-0.4, -0.2) is 11.1 Å². The summed E-state index contributed by atoms with van der Waals surface area (Å²) in [4.78, 5) is 15.2. The van der Waals surface area contributed by atoms with Gasteiger partial charge < -0.3 is 0 Å². The molecule has 1 aromatic carbocycles. The number of rotatable bonds is 3. The van der Waals surface area contributed by atoms with Gasteiger partial charge in [0, 0.05) is 17.2 Å². The summed E-state index contributed by atoms with van der Waals surface area (Å²) in [6.45, 7) is 0. The van der Waals surface area contributed by atoms with Crippen molar-refractivity contribution in [2.45, 2.75) is 0 Å². The number of thiophene rings is 1. The van der Waals surface area contributed by atoms with Crippen molar-refractivity contribution in [2.75, 3.05) is 0 Å². The fourth-order valence-corrected chi connectivity index (χ4v) is 2.38. The Labute approximate surface area is 117 Å². The minimum absolute atomic E-state index is 0.0955. The predicted octanol–water partition coefficient (Wildman–Crippen LogP) is 4.71. The van der Waals surface area contributed by atoms with Crippen LogP contribution in [0.4, 0.5) is 11.4 Å². The Morgan fingerprint density at radius 2 is 2.06 bits per heavy atom. The van der Waals surface area contributed by atoms with E-state index in [2.05, 4.69) is 4.99 Å². The van der Waals surface area contributed by atoms with Crippen molar-refractivity contribution in [1.82, 2.24) is 0 Å². The Bertz CT molecular complexity index is 625. The number of halogens is 2. The lowest BCUT2D eigenvalue weighted by Gasteiger charge is -1.96. The summed E-state index contributed by atoms with van der Waals surface area (Å²) in [5.41, 5.74) is 0.311. The second-order valence-corrected chi connectivity index (χ2v) is 5.45. The van der Waals surface area contributed by atoms with Crippen LogP contribution >= 0.6 is 34.5 Å². The van der Waals surface area contributed by atoms with Crippen molar-refractivity contribution in [3.05, 3.63) is 54.7 Å². The van der Waals surface area contributed by atoms with E-state index in [0.717, 1.165) is 4.88 Å². The lowest BCUT2D eigenvalue weighted by Crippen LogP contribution is -1.88. The van der Waals surface area contributed by atoms with E-state index in [-0.39, 0.29) is 10.7 Å². The number of nitro groups is 1. The van der Waals surface area contributed by atoms with E-state index in [4.69, 9.17) is 23.2 Å². The van der Waals surface area contributed by atoms with Gasteiger partial charge in [0.15, 0.2) is 0 Å². The zero-order valence-electron chi connectivity index (χ0n) is 8.84. The number of aliphatic imine (C=N–C) groups is 1. The molecule has 0 fully saturated rings. The number of hydrogen-bond acceptors (Lipinski definition) is 4. The highest BCUT2D eigenvalue weighted by molar-refractivity contribution is 7.17. The zero-order chi connectivity index (χ0) is 13.1. The van der Waals surface area contributed by atoms with Crippen LogP contribution in [-0.2, 0) is 0 Å². The van der Waals surface area contributed by atoms with Crippen LogP contribution in [0, 0.1) is 10.1 Å². The van der Waals surface area contributed by atoms with Gasteiger partial charge in [-0.3, -0.25) is 15.1 Å². The van der Waals surface area contributed by atoms with E-state index >= 15 is 0 Å². The van der Waals surface area contributed by atoms with E-state index in [1.165, 1.54) is 23.5 Å². The average molecular weight is 301 g/mol. The van der Waals surface area contributed by atoms with Crippen LogP contribution in [0.5, 0.6) is 0 Å². The molecule has 0 unspecified atom stereocenters. The number of nitrogens with zero attached hydrogens (tertiary/aromatic N) is 2. The normalized spacial score (nSPS) is 11.0. The monoisotopic (exact) mass is 300 g/mol. The molecule has 0 amide bonds. The third kappa shape index (κ3) is 3.07. The van der Waals surface area contributed by atoms with Crippen LogP contribution in [0.1, 0.15) is 4.88 Å². The molecule has 0 aliphatic heterocycles. The van der Waals surface area contributed by atoms with Gasteiger partial charge in [-0.1, -0.05) is 23.2 Å². The molecular formula is C11H6Cl2N2O2S. The summed E-state index contributed by atoms with van der Waals surface area (Å²) >= 11 is 12.9. The molecule has 4 nitrogen and oxygen atoms in total. The summed E-state index contributed by atoms with van der Waals surface area (Å²) in [7, 11) is 0. The fourth-order valence-electron chi connectivity index (χ4n) is 1.26. The third-order valence-corrected chi connectivity index (χ3v) is 3.55. The lowest BCUT2D eigenvalue weighted by molar-refractivity contribution is -0.384. The highest BCUT2D eigenvalue weighted by atomic mass is 35.5. The van der Waals surface area contributed by atoms with Crippen LogP contribution in [0.2, 0.25) is 9.36 Å². The number of benzene rings is 1. The summed E-state index contributed by atoms with van der Waals surface area (Å²) < 4.78 is 0.665. The van der Waals surface area contributed by atoms with Crippen molar-refractivity contribution in [1.29, 1.82) is 0 Å². The van der Waals surface area contributed by atoms with Crippen LogP contribution in [0.15, 0.2) is 35.3 Å². The van der Waals surface area contributed by atoms with Gasteiger partial charge >= 0.3 is 0 Å². The lowest BCUT2D eigenvalue weighted by atomic mass is 10.3. The summed E-state index contributed by atoms with van der Waals surface area (Å²) in [6.07, 6.45) is 1.60. The smallest absolute Gasteiger partial charge is 0.258 e. The van der Waals surface area contributed by atoms with E-state index in [0.29, 0.717) is 10.0 Å². The van der Waals surface area contributed by atoms with Crippen molar-refractivity contribution < 1.29 is 4.92 Å². The second-order valence-electron chi connectivity index (χ2n) is 3.29. The molecule has 18 heavy (non-hydrogen) atoms. The van der Waals surface area contributed by atoms with E-state index in [9.17, 15) is 10.1 Å². The van der Waals surface area contributed by atoms with Crippen LogP contribution in [0.25, 0.3) is 0 Å². The Morgan fingerprint density at radius 1 is 1.28 bits per heavy atom. The highest BCUT2D eigenvalue weighted by Crippen LogP contribution is 2.29. The van der Waals surface area contributed by atoms with Crippen molar-refractivity contribution in [3.8, 4) is 0 Å². The zero-order valence-corrected chi connectivity index (χ0v) is 11.2. The Hall–Kier alpha value is -1.43. The maximum Gasteiger partial charge on any atom is 0.290 e. The number of hydrogen-bond donors (Lipinski definition) is 0. The van der Waals surface area contributed by atoms with E-state index in [1.54, 1.807) is 18.3 Å². The van der Waals surface area contributed by atoms with Gasteiger partial charge in [-0.25, -0.2) is 0 Å². The first-order valence-corrected chi connectivity index (χ1v) is 6.37. The molecule has 0 aliphatic rings. The van der Waals surface area contributed by atoms with Gasteiger partial charge in [0.2, 0.25) is 0 Å². The van der Waals surface area contributed by atoms with Gasteiger partial charge in [0.05, 0.1) is 14.9 Å². The fraction of sp³-hybridized carbons (Fsp3) is 0. The maximum absolute atomic E-state index is 10.7. The molecule has 7 heteroatoms. The molecule has 1 heterocycles. The molecule has 92 valence electrons. The van der Waals surface area contributed by atoms with Gasteiger partial charge in [-0.2, -0.15) is 0 Å². The molecule has 0 spiro atoms. The molecule has 0 saturated carbocycles. The minimum Gasteiger partial charge on any atom is -0.258 e. The second kappa shape index (κ2) is 5.48. The summed E-state index contributed by atoms with van der Waals surface area (Å²) in [5, 5.41) is 10.8. The van der Waals surface area contributed by atoms with Gasteiger partial charge in [-0.15, -0.1) is 11.3 Å². The van der Waals surface area contributed by atoms with Gasteiger partial charge in [0.1, 0.15) is 5.02 Å². The molecule has 0 radical (unpaired) electrons. The SMILES string of the molecule is O=[N+]([O-])c1cc(N=Cc2ccc(Cl)s2)ccc1Cl. The van der Waals surface area contributed by atoms with Crippen molar-refractivity contribution >= 4 is 52.1 Å². The minimum atomic E-state index is -0.538. The topological polar surface area (TPSA) is 55.5 Å². The quantitative estimate of drug-likeness (QED) is 0.468. The van der Waals surface area contributed by atoms with Gasteiger partial charge in [-0.05, 0) is 24.3 Å². The van der Waals surface area contributed by atoms with Crippen molar-refractivity contribution in [3.63, 3.8) is 0 Å². The molecule has 2 aromatic rings. The van der Waals surface area contributed by atoms with Crippen LogP contribution in [0.3, 0.4) is 0 Å². The first kappa shape index (κ1) is 13.0. The molecule has 0 N–H and O–H groups in total. The van der Waals surface area contributed by atoms with Crippen molar-refractivity contribution in [2.24, 2.45) is 4.99 Å². The standard InChI is InChI=1S/C11H6Cl2N2O2S/c12-9-3-1-7(5-10(9)15(16)17)14-6-8-2-4-11(13)18-8/h1-6H. The molecule has 0 aliphatic carbocycles. The first-order valence-electron chi connectivity index (χ1n) is 4.79. The molecule has 0 bridgehead atoms. The summed E-state index contributed by atoms with van der Waals surface area (Å²) in [6, 6.07) is 7.97.